The molecule has 1 aliphatic heterocycles. The molecule has 0 bridgehead atoms. The molecule has 2 N–H and O–H groups in total. The fourth-order valence-corrected chi connectivity index (χ4v) is 4.18. The maximum absolute atomic E-state index is 11.8. The van der Waals surface area contributed by atoms with Crippen LogP contribution in [-0.4, -0.2) is 35.1 Å². The number of nitrogens with one attached hydrogen (secondary N) is 1. The van der Waals surface area contributed by atoms with E-state index in [1.54, 1.807) is 0 Å². The second-order valence-electron chi connectivity index (χ2n) is 8.76. The number of amides is 1. The van der Waals surface area contributed by atoms with Crippen LogP contribution >= 0.6 is 0 Å². The molecule has 0 aromatic rings. The smallest absolute Gasteiger partial charge is 0.394 e. The molecule has 6 nitrogen and oxygen atoms in total. The lowest BCUT2D eigenvalue weighted by molar-refractivity contribution is -0.186. The Hall–Kier alpha value is -1.59. The van der Waals surface area contributed by atoms with Crippen LogP contribution in [0, 0.1) is 5.92 Å². The summed E-state index contributed by atoms with van der Waals surface area (Å²) < 4.78 is 5.34. The Morgan fingerprint density at radius 3 is 1.97 bits per heavy atom. The molecule has 0 aromatic heterocycles. The highest BCUT2D eigenvalue weighted by Gasteiger charge is 2.42. The van der Waals surface area contributed by atoms with E-state index in [-0.39, 0.29) is 24.0 Å². The second-order valence-corrected chi connectivity index (χ2v) is 8.76. The van der Waals surface area contributed by atoms with Crippen LogP contribution in [0.1, 0.15) is 117 Å². The average molecular weight is 426 g/mol. The van der Waals surface area contributed by atoms with E-state index in [1.165, 1.54) is 51.4 Å². The van der Waals surface area contributed by atoms with Crippen molar-refractivity contribution < 1.29 is 24.2 Å². The minimum Gasteiger partial charge on any atom is -0.474 e. The van der Waals surface area contributed by atoms with Gasteiger partial charge in [0.05, 0.1) is 5.92 Å². The van der Waals surface area contributed by atoms with E-state index in [0.29, 0.717) is 6.42 Å². The maximum atomic E-state index is 11.8. The normalized spacial score (nSPS) is 19.1. The number of carbonyl (C=O) groups is 3. The van der Waals surface area contributed by atoms with Gasteiger partial charge >= 0.3 is 17.8 Å². The number of cyclic esters (lactones) is 1. The summed E-state index contributed by atoms with van der Waals surface area (Å²) >= 11 is 0. The molecule has 6 heteroatoms. The van der Waals surface area contributed by atoms with Crippen molar-refractivity contribution in [3.63, 3.8) is 0 Å². The van der Waals surface area contributed by atoms with E-state index in [4.69, 9.17) is 9.84 Å². The van der Waals surface area contributed by atoms with E-state index in [2.05, 4.69) is 19.2 Å². The van der Waals surface area contributed by atoms with Gasteiger partial charge in [-0.3, -0.25) is 9.59 Å². The third-order valence-corrected chi connectivity index (χ3v) is 6.09. The summed E-state index contributed by atoms with van der Waals surface area (Å²) in [5, 5.41) is 11.6. The van der Waals surface area contributed by atoms with Crippen LogP contribution < -0.4 is 5.32 Å². The number of hydrogen-bond donors (Lipinski definition) is 2. The van der Waals surface area contributed by atoms with Crippen LogP contribution in [0.25, 0.3) is 0 Å². The van der Waals surface area contributed by atoms with Crippen molar-refractivity contribution in [2.75, 3.05) is 0 Å². The maximum Gasteiger partial charge on any atom is 0.394 e. The first kappa shape index (κ1) is 26.4. The second kappa shape index (κ2) is 16.1. The Bertz CT molecular complexity index is 508. The quantitative estimate of drug-likeness (QED) is 0.175. The van der Waals surface area contributed by atoms with Gasteiger partial charge in [-0.2, -0.15) is 0 Å². The molecule has 0 saturated carbocycles. The highest BCUT2D eigenvalue weighted by molar-refractivity contribution is 6.31. The number of hydrogen-bond acceptors (Lipinski definition) is 4. The summed E-state index contributed by atoms with van der Waals surface area (Å²) in [4.78, 5) is 34.5. The minimum atomic E-state index is -1.46. The molecular weight excluding hydrogens is 382 g/mol. The number of carbonyl (C=O) groups excluding carboxylic acids is 2. The zero-order valence-corrected chi connectivity index (χ0v) is 19.1. The van der Waals surface area contributed by atoms with E-state index in [0.717, 1.165) is 44.9 Å². The largest absolute Gasteiger partial charge is 0.474 e. The van der Waals surface area contributed by atoms with Crippen molar-refractivity contribution in [1.29, 1.82) is 0 Å². The Kier molecular flexibility index (Phi) is 14.2. The minimum absolute atomic E-state index is 0.103. The fourth-order valence-electron chi connectivity index (χ4n) is 4.18. The van der Waals surface area contributed by atoms with Crippen molar-refractivity contribution in [1.82, 2.24) is 5.32 Å². The van der Waals surface area contributed by atoms with Crippen molar-refractivity contribution in [2.24, 2.45) is 5.92 Å². The fraction of sp³-hybridized carbons (Fsp3) is 0.875. The van der Waals surface area contributed by atoms with Crippen molar-refractivity contribution >= 4 is 17.8 Å². The zero-order valence-electron chi connectivity index (χ0n) is 19.1. The molecule has 1 aliphatic rings. The number of ether oxygens (including phenoxy) is 1. The highest BCUT2D eigenvalue weighted by Crippen LogP contribution is 2.31. The molecule has 1 heterocycles. The Labute approximate surface area is 182 Å². The summed E-state index contributed by atoms with van der Waals surface area (Å²) in [6.45, 7) is 4.38. The number of aliphatic carboxylic acids is 1. The number of unbranched alkanes of at least 4 members (excludes halogenated alkanes) is 11. The first-order chi connectivity index (χ1) is 14.5. The average Bonchev–Trinajstić information content (AvgIpc) is 2.71. The molecular formula is C24H43NO5. The molecule has 1 fully saturated rings. The SMILES string of the molecule is CCCCCCCCCCCC(C[C@@H]1OC(=O)[C@H]1CCCCCC)NC(=O)C(=O)O. The molecule has 0 spiro atoms. The van der Waals surface area contributed by atoms with Gasteiger partial charge < -0.3 is 15.2 Å². The van der Waals surface area contributed by atoms with Gasteiger partial charge in [0.25, 0.3) is 0 Å². The summed E-state index contributed by atoms with van der Waals surface area (Å²) in [5.41, 5.74) is 0. The molecule has 0 aliphatic carbocycles. The lowest BCUT2D eigenvalue weighted by atomic mass is 9.86. The summed E-state index contributed by atoms with van der Waals surface area (Å²) in [7, 11) is 0. The van der Waals surface area contributed by atoms with Gasteiger partial charge in [0.1, 0.15) is 6.10 Å². The van der Waals surface area contributed by atoms with Gasteiger partial charge in [-0.25, -0.2) is 4.79 Å². The molecule has 1 amide bonds. The lowest BCUT2D eigenvalue weighted by Crippen LogP contribution is -2.50. The molecule has 30 heavy (non-hydrogen) atoms. The van der Waals surface area contributed by atoms with Gasteiger partial charge in [-0.05, 0) is 12.8 Å². The van der Waals surface area contributed by atoms with Gasteiger partial charge in [0.15, 0.2) is 0 Å². The van der Waals surface area contributed by atoms with Crippen LogP contribution in [-0.2, 0) is 19.1 Å². The van der Waals surface area contributed by atoms with Gasteiger partial charge in [0.2, 0.25) is 0 Å². The van der Waals surface area contributed by atoms with Crippen LogP contribution in [0.15, 0.2) is 0 Å². The molecule has 174 valence electrons. The Morgan fingerprint density at radius 1 is 0.900 bits per heavy atom. The predicted molar refractivity (Wildman–Crippen MR) is 118 cm³/mol. The number of rotatable bonds is 18. The molecule has 1 saturated heterocycles. The summed E-state index contributed by atoms with van der Waals surface area (Å²) in [6.07, 6.45) is 17.2. The monoisotopic (exact) mass is 425 g/mol. The third kappa shape index (κ3) is 11.0. The number of esters is 1. The summed E-state index contributed by atoms with van der Waals surface area (Å²) in [6, 6.07) is -0.255. The Morgan fingerprint density at radius 2 is 1.43 bits per heavy atom. The van der Waals surface area contributed by atoms with E-state index >= 15 is 0 Å². The number of carboxylic acids is 1. The van der Waals surface area contributed by atoms with Gasteiger partial charge in [0, 0.05) is 12.5 Å². The molecule has 1 unspecified atom stereocenters. The standard InChI is InChI=1S/C24H43NO5/c1-3-5-7-9-10-11-12-13-14-16-19(25-22(26)23(27)28)18-21-20(24(29)30-21)17-15-8-6-4-2/h19-21H,3-18H2,1-2H3,(H,25,26)(H,27,28)/t19?,20-,21-/m0/s1. The van der Waals surface area contributed by atoms with Gasteiger partial charge in [-0.1, -0.05) is 97.3 Å². The molecule has 0 aromatic carbocycles. The zero-order chi connectivity index (χ0) is 22.2. The molecule has 3 atom stereocenters. The van der Waals surface area contributed by atoms with Crippen molar-refractivity contribution in [3.8, 4) is 0 Å². The van der Waals surface area contributed by atoms with Crippen LogP contribution in [0.3, 0.4) is 0 Å². The Balaban J connectivity index is 2.35. The third-order valence-electron chi connectivity index (χ3n) is 6.09. The first-order valence-corrected chi connectivity index (χ1v) is 12.2. The van der Waals surface area contributed by atoms with Crippen LogP contribution in [0.5, 0.6) is 0 Å². The van der Waals surface area contributed by atoms with E-state index in [9.17, 15) is 14.4 Å². The van der Waals surface area contributed by atoms with Crippen molar-refractivity contribution in [3.05, 3.63) is 0 Å². The first-order valence-electron chi connectivity index (χ1n) is 12.2. The molecule has 0 radical (unpaired) electrons. The predicted octanol–water partition coefficient (Wildman–Crippen LogP) is 5.38. The van der Waals surface area contributed by atoms with Crippen LogP contribution in [0.2, 0.25) is 0 Å². The van der Waals surface area contributed by atoms with E-state index in [1.807, 2.05) is 0 Å². The van der Waals surface area contributed by atoms with Crippen LogP contribution in [0.4, 0.5) is 0 Å². The topological polar surface area (TPSA) is 92.7 Å². The van der Waals surface area contributed by atoms with Crippen molar-refractivity contribution in [2.45, 2.75) is 129 Å². The summed E-state index contributed by atoms with van der Waals surface area (Å²) in [5.74, 6) is -2.69. The highest BCUT2D eigenvalue weighted by atomic mass is 16.6. The lowest BCUT2D eigenvalue weighted by Gasteiger charge is -2.37. The van der Waals surface area contributed by atoms with Gasteiger partial charge in [-0.15, -0.1) is 0 Å². The van der Waals surface area contributed by atoms with E-state index < -0.39 is 11.9 Å². The molecule has 1 rings (SSSR count). The number of carboxylic acid groups (broad SMARTS) is 1.